The van der Waals surface area contributed by atoms with Crippen LogP contribution in [-0.2, 0) is 0 Å². The van der Waals surface area contributed by atoms with Crippen LogP contribution in [0, 0.1) is 6.92 Å². The number of rotatable bonds is 2. The fourth-order valence-corrected chi connectivity index (χ4v) is 1.23. The quantitative estimate of drug-likeness (QED) is 0.808. The van der Waals surface area contributed by atoms with E-state index in [1.54, 1.807) is 31.4 Å². The molecule has 1 N–H and O–H groups in total. The third kappa shape index (κ3) is 2.43. The lowest BCUT2D eigenvalue weighted by molar-refractivity contribution is 0.557. The topological polar surface area (TPSA) is 58.9 Å². The van der Waals surface area contributed by atoms with E-state index in [2.05, 4.69) is 9.97 Å². The molecule has 0 aliphatic heterocycles. The van der Waals surface area contributed by atoms with E-state index < -0.39 is 0 Å². The Labute approximate surface area is 86.3 Å². The number of H-pyrrole nitrogens is 1. The van der Waals surface area contributed by atoms with Crippen LogP contribution in [0.3, 0.4) is 0 Å². The predicted molar refractivity (Wildman–Crippen MR) is 57.2 cm³/mol. The lowest BCUT2D eigenvalue weighted by atomic mass is 10.3. The van der Waals surface area contributed by atoms with Gasteiger partial charge in [-0.2, -0.15) is 0 Å². The first-order valence-electron chi connectivity index (χ1n) is 4.53. The molecular weight excluding hydrogens is 192 g/mol. The lowest BCUT2D eigenvalue weighted by Crippen LogP contribution is -2.08. The van der Waals surface area contributed by atoms with Gasteiger partial charge in [-0.05, 0) is 31.2 Å². The van der Waals surface area contributed by atoms with E-state index in [1.807, 2.05) is 6.07 Å². The number of hydrogen-bond acceptors (Lipinski definition) is 3. The van der Waals surface area contributed by atoms with Gasteiger partial charge in [0.05, 0.1) is 6.26 Å². The largest absolute Gasteiger partial charge is 0.465 e. The molecule has 4 heteroatoms. The molecule has 4 nitrogen and oxygen atoms in total. The summed E-state index contributed by atoms with van der Waals surface area (Å²) in [6.45, 7) is 1.78. The zero-order chi connectivity index (χ0) is 10.7. The van der Waals surface area contributed by atoms with Gasteiger partial charge in [-0.15, -0.1) is 0 Å². The summed E-state index contributed by atoms with van der Waals surface area (Å²) in [6, 6.07) is 5.07. The van der Waals surface area contributed by atoms with E-state index in [0.717, 1.165) is 5.76 Å². The Kier molecular flexibility index (Phi) is 2.49. The van der Waals surface area contributed by atoms with Gasteiger partial charge in [-0.3, -0.25) is 4.79 Å². The molecule has 0 amide bonds. The predicted octanol–water partition coefficient (Wildman–Crippen LogP) is 1.84. The molecule has 0 aliphatic rings. The average Bonchev–Trinajstić information content (AvgIpc) is 2.65. The highest BCUT2D eigenvalue weighted by Crippen LogP contribution is 2.04. The second kappa shape index (κ2) is 3.96. The summed E-state index contributed by atoms with van der Waals surface area (Å²) in [7, 11) is 0. The average molecular weight is 202 g/mol. The minimum absolute atomic E-state index is 0.151. The Bertz CT molecular complexity index is 524. The first-order valence-corrected chi connectivity index (χ1v) is 4.53. The van der Waals surface area contributed by atoms with Crippen molar-refractivity contribution in [3.8, 4) is 0 Å². The second-order valence-electron chi connectivity index (χ2n) is 3.12. The van der Waals surface area contributed by atoms with Crippen molar-refractivity contribution in [2.45, 2.75) is 6.92 Å². The first-order chi connectivity index (χ1) is 7.24. The monoisotopic (exact) mass is 202 g/mol. The van der Waals surface area contributed by atoms with Crippen LogP contribution in [0.2, 0.25) is 0 Å². The van der Waals surface area contributed by atoms with Crippen molar-refractivity contribution in [2.75, 3.05) is 0 Å². The van der Waals surface area contributed by atoms with Crippen molar-refractivity contribution in [1.29, 1.82) is 0 Å². The van der Waals surface area contributed by atoms with Crippen LogP contribution in [0.5, 0.6) is 0 Å². The van der Waals surface area contributed by atoms with Gasteiger partial charge in [-0.1, -0.05) is 0 Å². The van der Waals surface area contributed by atoms with Crippen LogP contribution in [0.4, 0.5) is 0 Å². The van der Waals surface area contributed by atoms with E-state index >= 15 is 0 Å². The third-order valence-corrected chi connectivity index (χ3v) is 1.84. The molecule has 0 aromatic carbocycles. The molecule has 0 bridgehead atoms. The summed E-state index contributed by atoms with van der Waals surface area (Å²) in [4.78, 5) is 17.9. The summed E-state index contributed by atoms with van der Waals surface area (Å²) >= 11 is 0. The molecule has 0 radical (unpaired) electrons. The zero-order valence-electron chi connectivity index (χ0n) is 8.23. The van der Waals surface area contributed by atoms with Gasteiger partial charge >= 0.3 is 0 Å². The molecule has 15 heavy (non-hydrogen) atoms. The zero-order valence-corrected chi connectivity index (χ0v) is 8.23. The number of nitrogens with one attached hydrogen (secondary N) is 1. The molecule has 0 atom stereocenters. The van der Waals surface area contributed by atoms with Gasteiger partial charge in [0.15, 0.2) is 0 Å². The van der Waals surface area contributed by atoms with Crippen LogP contribution in [-0.4, -0.2) is 9.97 Å². The van der Waals surface area contributed by atoms with Crippen molar-refractivity contribution in [2.24, 2.45) is 0 Å². The number of nitrogens with zero attached hydrogens (tertiary/aromatic N) is 1. The SMILES string of the molecule is Cc1cc(=O)[nH]c(/C=C/c2ccco2)n1. The molecule has 0 aliphatic carbocycles. The van der Waals surface area contributed by atoms with Crippen molar-refractivity contribution >= 4 is 12.2 Å². The normalized spacial score (nSPS) is 11.0. The van der Waals surface area contributed by atoms with Crippen LogP contribution in [0.15, 0.2) is 33.7 Å². The van der Waals surface area contributed by atoms with Crippen molar-refractivity contribution < 1.29 is 4.42 Å². The van der Waals surface area contributed by atoms with E-state index in [0.29, 0.717) is 11.5 Å². The molecule has 0 unspecified atom stereocenters. The molecule has 0 saturated heterocycles. The third-order valence-electron chi connectivity index (χ3n) is 1.84. The Morgan fingerprint density at radius 3 is 3.00 bits per heavy atom. The maximum absolute atomic E-state index is 11.1. The minimum atomic E-state index is -0.151. The van der Waals surface area contributed by atoms with E-state index in [4.69, 9.17) is 4.42 Å². The Hall–Kier alpha value is -2.10. The van der Waals surface area contributed by atoms with Crippen molar-refractivity contribution in [3.63, 3.8) is 0 Å². The van der Waals surface area contributed by atoms with Crippen molar-refractivity contribution in [1.82, 2.24) is 9.97 Å². The highest BCUT2D eigenvalue weighted by Gasteiger charge is 1.94. The van der Waals surface area contributed by atoms with Crippen LogP contribution >= 0.6 is 0 Å². The summed E-state index contributed by atoms with van der Waals surface area (Å²) in [5.74, 6) is 1.25. The lowest BCUT2D eigenvalue weighted by Gasteiger charge is -1.93. The Balaban J connectivity index is 2.28. The molecule has 2 aromatic heterocycles. The van der Waals surface area contributed by atoms with E-state index in [9.17, 15) is 4.79 Å². The molecule has 2 rings (SSSR count). The summed E-state index contributed by atoms with van der Waals surface area (Å²) in [5.41, 5.74) is 0.541. The Morgan fingerprint density at radius 2 is 2.33 bits per heavy atom. The van der Waals surface area contributed by atoms with Gasteiger partial charge in [0, 0.05) is 11.8 Å². The van der Waals surface area contributed by atoms with E-state index in [-0.39, 0.29) is 5.56 Å². The molecule has 2 aromatic rings. The standard InChI is InChI=1S/C11H10N2O2/c1-8-7-11(14)13-10(12-8)5-4-9-3-2-6-15-9/h2-7H,1H3,(H,12,13,14)/b5-4+. The molecule has 0 saturated carbocycles. The molecule has 0 fully saturated rings. The number of aryl methyl sites for hydroxylation is 1. The molecule has 76 valence electrons. The maximum atomic E-state index is 11.1. The van der Waals surface area contributed by atoms with Crippen LogP contribution in [0.25, 0.3) is 12.2 Å². The van der Waals surface area contributed by atoms with Gasteiger partial charge in [-0.25, -0.2) is 4.98 Å². The maximum Gasteiger partial charge on any atom is 0.251 e. The second-order valence-corrected chi connectivity index (χ2v) is 3.12. The fourth-order valence-electron chi connectivity index (χ4n) is 1.23. The minimum Gasteiger partial charge on any atom is -0.465 e. The Morgan fingerprint density at radius 1 is 1.47 bits per heavy atom. The van der Waals surface area contributed by atoms with Gasteiger partial charge in [0.1, 0.15) is 11.6 Å². The smallest absolute Gasteiger partial charge is 0.251 e. The molecular formula is C11H10N2O2. The van der Waals surface area contributed by atoms with E-state index in [1.165, 1.54) is 6.07 Å². The number of aromatic nitrogens is 2. The number of aromatic amines is 1. The summed E-state index contributed by atoms with van der Waals surface area (Å²) in [6.07, 6.45) is 5.04. The highest BCUT2D eigenvalue weighted by molar-refractivity contribution is 5.63. The van der Waals surface area contributed by atoms with Gasteiger partial charge in [0.25, 0.3) is 5.56 Å². The summed E-state index contributed by atoms with van der Waals surface area (Å²) < 4.78 is 5.11. The molecule has 2 heterocycles. The number of hydrogen-bond donors (Lipinski definition) is 1. The van der Waals surface area contributed by atoms with Gasteiger partial charge < -0.3 is 9.40 Å². The highest BCUT2D eigenvalue weighted by atomic mass is 16.3. The fraction of sp³-hybridized carbons (Fsp3) is 0.0909. The van der Waals surface area contributed by atoms with Crippen LogP contribution < -0.4 is 5.56 Å². The summed E-state index contributed by atoms with van der Waals surface area (Å²) in [5, 5.41) is 0. The van der Waals surface area contributed by atoms with Gasteiger partial charge in [0.2, 0.25) is 0 Å². The number of furan rings is 1. The molecule has 0 spiro atoms. The van der Waals surface area contributed by atoms with Crippen molar-refractivity contribution in [3.05, 3.63) is 52.1 Å². The first kappa shape index (κ1) is 9.45. The van der Waals surface area contributed by atoms with Crippen LogP contribution in [0.1, 0.15) is 17.3 Å².